The molecule has 3 aromatic rings. The third kappa shape index (κ3) is 5.20. The van der Waals surface area contributed by atoms with Crippen molar-refractivity contribution in [2.45, 2.75) is 13.3 Å². The molecule has 4 heteroatoms. The molecule has 0 fully saturated rings. The fourth-order valence-corrected chi connectivity index (χ4v) is 3.18. The summed E-state index contributed by atoms with van der Waals surface area (Å²) >= 11 is 0. The van der Waals surface area contributed by atoms with Crippen molar-refractivity contribution in [3.05, 3.63) is 95.1 Å². The Morgan fingerprint density at radius 3 is 2.41 bits per heavy atom. The normalized spacial score (nSPS) is 10.8. The standard InChI is InChI=1S/C25H22O4/c1-2-29-23(26)17-21-12-6-10-19(15-14-18-8-4-3-5-9-18)24(21)20-11-7-13-22(16-20)25(27)28/h3-16H,2,17H2,1H3,(H,27,28)/b15-14+. The molecular formula is C25H22O4. The van der Waals surface area contributed by atoms with Gasteiger partial charge in [-0.2, -0.15) is 0 Å². The molecule has 0 saturated carbocycles. The number of carbonyl (C=O) groups excluding carboxylic acids is 1. The van der Waals surface area contributed by atoms with Gasteiger partial charge in [0.05, 0.1) is 18.6 Å². The quantitative estimate of drug-likeness (QED) is 0.440. The Balaban J connectivity index is 2.10. The second kappa shape index (κ2) is 9.51. The molecule has 0 heterocycles. The van der Waals surface area contributed by atoms with E-state index in [1.165, 1.54) is 0 Å². The van der Waals surface area contributed by atoms with E-state index in [1.807, 2.05) is 66.7 Å². The molecule has 0 bridgehead atoms. The summed E-state index contributed by atoms with van der Waals surface area (Å²) in [6.45, 7) is 2.09. The highest BCUT2D eigenvalue weighted by atomic mass is 16.5. The van der Waals surface area contributed by atoms with Gasteiger partial charge in [-0.15, -0.1) is 0 Å². The second-order valence-electron chi connectivity index (χ2n) is 6.49. The maximum absolute atomic E-state index is 12.1. The Morgan fingerprint density at radius 1 is 0.931 bits per heavy atom. The van der Waals surface area contributed by atoms with Gasteiger partial charge in [0.2, 0.25) is 0 Å². The molecule has 0 saturated heterocycles. The van der Waals surface area contributed by atoms with Crippen LogP contribution in [-0.2, 0) is 16.0 Å². The number of carboxylic acid groups (broad SMARTS) is 1. The van der Waals surface area contributed by atoms with E-state index in [4.69, 9.17) is 4.74 Å². The topological polar surface area (TPSA) is 63.6 Å². The van der Waals surface area contributed by atoms with Crippen LogP contribution in [0.15, 0.2) is 72.8 Å². The predicted molar refractivity (Wildman–Crippen MR) is 115 cm³/mol. The summed E-state index contributed by atoms with van der Waals surface area (Å²) in [6, 6.07) is 22.4. The first-order chi connectivity index (χ1) is 14.1. The van der Waals surface area contributed by atoms with E-state index >= 15 is 0 Å². The minimum Gasteiger partial charge on any atom is -0.478 e. The summed E-state index contributed by atoms with van der Waals surface area (Å²) in [5.74, 6) is -1.30. The van der Waals surface area contributed by atoms with E-state index in [0.717, 1.165) is 27.8 Å². The van der Waals surface area contributed by atoms with E-state index in [-0.39, 0.29) is 18.0 Å². The number of carboxylic acids is 1. The zero-order valence-electron chi connectivity index (χ0n) is 16.2. The smallest absolute Gasteiger partial charge is 0.335 e. The van der Waals surface area contributed by atoms with Crippen LogP contribution in [0.5, 0.6) is 0 Å². The lowest BCUT2D eigenvalue weighted by Gasteiger charge is -2.14. The number of ether oxygens (including phenoxy) is 1. The number of benzene rings is 3. The van der Waals surface area contributed by atoms with Crippen molar-refractivity contribution in [2.24, 2.45) is 0 Å². The zero-order chi connectivity index (χ0) is 20.6. The van der Waals surface area contributed by atoms with Crippen LogP contribution >= 0.6 is 0 Å². The average molecular weight is 386 g/mol. The Hall–Kier alpha value is -3.66. The fraction of sp³-hybridized carbons (Fsp3) is 0.120. The van der Waals surface area contributed by atoms with Crippen LogP contribution in [0.1, 0.15) is 34.0 Å². The minimum atomic E-state index is -0.990. The molecule has 29 heavy (non-hydrogen) atoms. The zero-order valence-corrected chi connectivity index (χ0v) is 16.2. The molecule has 3 aromatic carbocycles. The van der Waals surface area contributed by atoms with Crippen LogP contribution < -0.4 is 0 Å². The molecule has 0 atom stereocenters. The minimum absolute atomic E-state index is 0.119. The van der Waals surface area contributed by atoms with Crippen molar-refractivity contribution < 1.29 is 19.4 Å². The first-order valence-electron chi connectivity index (χ1n) is 9.43. The van der Waals surface area contributed by atoms with Crippen LogP contribution in [0.4, 0.5) is 0 Å². The van der Waals surface area contributed by atoms with Crippen molar-refractivity contribution >= 4 is 24.1 Å². The second-order valence-corrected chi connectivity index (χ2v) is 6.49. The summed E-state index contributed by atoms with van der Waals surface area (Å²) in [6.07, 6.45) is 4.09. The van der Waals surface area contributed by atoms with Gasteiger partial charge in [-0.05, 0) is 46.9 Å². The van der Waals surface area contributed by atoms with Gasteiger partial charge in [0.25, 0.3) is 0 Å². The van der Waals surface area contributed by atoms with Gasteiger partial charge in [0.15, 0.2) is 0 Å². The van der Waals surface area contributed by atoms with Gasteiger partial charge in [-0.25, -0.2) is 4.79 Å². The first-order valence-corrected chi connectivity index (χ1v) is 9.43. The SMILES string of the molecule is CCOC(=O)Cc1cccc(/C=C/c2ccccc2)c1-c1cccc(C(=O)O)c1. The Kier molecular flexibility index (Phi) is 6.59. The maximum Gasteiger partial charge on any atom is 0.335 e. The predicted octanol–water partition coefficient (Wildman–Crippen LogP) is 5.33. The van der Waals surface area contributed by atoms with Crippen molar-refractivity contribution in [1.82, 2.24) is 0 Å². The third-order valence-corrected chi connectivity index (χ3v) is 4.48. The van der Waals surface area contributed by atoms with Crippen molar-refractivity contribution in [3.8, 4) is 11.1 Å². The number of rotatable bonds is 7. The molecule has 3 rings (SSSR count). The fourth-order valence-electron chi connectivity index (χ4n) is 3.18. The highest BCUT2D eigenvalue weighted by Crippen LogP contribution is 2.31. The molecule has 0 aliphatic rings. The van der Waals surface area contributed by atoms with Crippen molar-refractivity contribution in [2.75, 3.05) is 6.61 Å². The van der Waals surface area contributed by atoms with Gasteiger partial charge in [-0.1, -0.05) is 72.8 Å². The molecule has 1 N–H and O–H groups in total. The average Bonchev–Trinajstić information content (AvgIpc) is 2.73. The number of hydrogen-bond donors (Lipinski definition) is 1. The van der Waals surface area contributed by atoms with Crippen LogP contribution in [0, 0.1) is 0 Å². The molecule has 0 spiro atoms. The van der Waals surface area contributed by atoms with E-state index in [1.54, 1.807) is 25.1 Å². The van der Waals surface area contributed by atoms with Crippen LogP contribution in [0.2, 0.25) is 0 Å². The van der Waals surface area contributed by atoms with Crippen molar-refractivity contribution in [1.29, 1.82) is 0 Å². The molecule has 0 aromatic heterocycles. The lowest BCUT2D eigenvalue weighted by atomic mass is 9.91. The number of hydrogen-bond acceptors (Lipinski definition) is 3. The van der Waals surface area contributed by atoms with Gasteiger partial charge in [-0.3, -0.25) is 4.79 Å². The molecule has 4 nitrogen and oxygen atoms in total. The number of carbonyl (C=O) groups is 2. The summed E-state index contributed by atoms with van der Waals surface area (Å²) in [5, 5.41) is 9.37. The van der Waals surface area contributed by atoms with Gasteiger partial charge >= 0.3 is 11.9 Å². The highest BCUT2D eigenvalue weighted by molar-refractivity contribution is 5.91. The number of esters is 1. The lowest BCUT2D eigenvalue weighted by Crippen LogP contribution is -2.09. The molecule has 0 unspecified atom stereocenters. The third-order valence-electron chi connectivity index (χ3n) is 4.48. The van der Waals surface area contributed by atoms with Gasteiger partial charge < -0.3 is 9.84 Å². The lowest BCUT2D eigenvalue weighted by molar-refractivity contribution is -0.142. The Morgan fingerprint density at radius 2 is 1.69 bits per heavy atom. The largest absolute Gasteiger partial charge is 0.478 e. The summed E-state index contributed by atoms with van der Waals surface area (Å²) in [5.41, 5.74) is 4.52. The molecule has 146 valence electrons. The van der Waals surface area contributed by atoms with Crippen LogP contribution in [0.3, 0.4) is 0 Å². The molecule has 0 radical (unpaired) electrons. The van der Waals surface area contributed by atoms with E-state index in [9.17, 15) is 14.7 Å². The number of aromatic carboxylic acids is 1. The van der Waals surface area contributed by atoms with Gasteiger partial charge in [0, 0.05) is 0 Å². The monoisotopic (exact) mass is 386 g/mol. The molecule has 0 aliphatic carbocycles. The Labute approximate surface area is 170 Å². The Bertz CT molecular complexity index is 1040. The summed E-state index contributed by atoms with van der Waals surface area (Å²) in [7, 11) is 0. The summed E-state index contributed by atoms with van der Waals surface area (Å²) in [4.78, 5) is 23.6. The van der Waals surface area contributed by atoms with E-state index in [2.05, 4.69) is 0 Å². The molecule has 0 amide bonds. The van der Waals surface area contributed by atoms with Crippen LogP contribution in [0.25, 0.3) is 23.3 Å². The van der Waals surface area contributed by atoms with Crippen LogP contribution in [-0.4, -0.2) is 23.7 Å². The molecular weight excluding hydrogens is 364 g/mol. The van der Waals surface area contributed by atoms with E-state index in [0.29, 0.717) is 6.61 Å². The first kappa shape index (κ1) is 20.1. The maximum atomic E-state index is 12.1. The molecule has 0 aliphatic heterocycles. The van der Waals surface area contributed by atoms with E-state index < -0.39 is 5.97 Å². The highest BCUT2D eigenvalue weighted by Gasteiger charge is 2.15. The van der Waals surface area contributed by atoms with Crippen molar-refractivity contribution in [3.63, 3.8) is 0 Å². The van der Waals surface area contributed by atoms with Gasteiger partial charge in [0.1, 0.15) is 0 Å². The summed E-state index contributed by atoms with van der Waals surface area (Å²) < 4.78 is 5.12.